The smallest absolute Gasteiger partial charge is 0.242 e. The summed E-state index contributed by atoms with van der Waals surface area (Å²) in [5, 5.41) is 1.47. The van der Waals surface area contributed by atoms with E-state index in [0.717, 1.165) is 35.2 Å². The van der Waals surface area contributed by atoms with Crippen molar-refractivity contribution in [2.24, 2.45) is 0 Å². The molecule has 5 aromatic rings. The van der Waals surface area contributed by atoms with Gasteiger partial charge in [-0.1, -0.05) is 115 Å². The Morgan fingerprint density at radius 1 is 0.767 bits per heavy atom. The molecule has 4 aromatic carbocycles. The number of hydrogen-bond acceptors (Lipinski definition) is 6. The number of amides is 1. The van der Waals surface area contributed by atoms with E-state index in [1.54, 1.807) is 0 Å². The van der Waals surface area contributed by atoms with Gasteiger partial charge in [0.25, 0.3) is 0 Å². The molecular formula is C35H34ClN5OS. The number of carbonyl (C=O) groups is 1. The summed E-state index contributed by atoms with van der Waals surface area (Å²) in [5.41, 5.74) is 4.77. The molecule has 2 heterocycles. The Hall–Kier alpha value is -4.04. The Morgan fingerprint density at radius 2 is 1.35 bits per heavy atom. The summed E-state index contributed by atoms with van der Waals surface area (Å²) in [6, 6.07) is 39.4. The molecule has 1 aliphatic heterocycles. The second kappa shape index (κ2) is 14.0. The largest absolute Gasteiger partial charge is 0.339 e. The molecule has 0 radical (unpaired) electrons. The minimum Gasteiger partial charge on any atom is -0.339 e. The molecule has 1 aliphatic rings. The van der Waals surface area contributed by atoms with Crippen LogP contribution >= 0.6 is 23.1 Å². The number of benzene rings is 4. The van der Waals surface area contributed by atoms with E-state index >= 15 is 0 Å². The van der Waals surface area contributed by atoms with Crippen LogP contribution in [0.5, 0.6) is 0 Å². The molecule has 1 aromatic heterocycles. The molecule has 0 aliphatic carbocycles. The Bertz CT molecular complexity index is 1550. The molecule has 0 bridgehead atoms. The van der Waals surface area contributed by atoms with E-state index in [1.165, 1.54) is 22.7 Å². The highest BCUT2D eigenvalue weighted by Gasteiger charge is 2.29. The lowest BCUT2D eigenvalue weighted by atomic mass is 9.96. The van der Waals surface area contributed by atoms with Crippen LogP contribution in [-0.4, -0.2) is 57.8 Å². The standard InChI is InChI=1S/C35H34ClN5OS/c36-31-18-16-27(17-19-31)24-32-37-35(43-38-32)41(25-28-10-4-1-5-11-28)26-33(42)39-20-22-40(23-21-39)34(29-12-6-2-7-13-29)30-14-8-3-9-15-30/h1-19,34H,20-26H2. The third-order valence-corrected chi connectivity index (χ3v) is 8.88. The van der Waals surface area contributed by atoms with Crippen LogP contribution in [0, 0.1) is 0 Å². The highest BCUT2D eigenvalue weighted by molar-refractivity contribution is 7.09. The molecule has 0 saturated carbocycles. The van der Waals surface area contributed by atoms with Gasteiger partial charge in [-0.3, -0.25) is 9.69 Å². The predicted octanol–water partition coefficient (Wildman–Crippen LogP) is 6.72. The summed E-state index contributed by atoms with van der Waals surface area (Å²) >= 11 is 7.40. The molecule has 1 saturated heterocycles. The number of rotatable bonds is 10. The van der Waals surface area contributed by atoms with E-state index in [0.29, 0.717) is 31.1 Å². The lowest BCUT2D eigenvalue weighted by Crippen LogP contribution is -2.52. The number of aromatic nitrogens is 2. The first-order valence-corrected chi connectivity index (χ1v) is 15.7. The van der Waals surface area contributed by atoms with E-state index < -0.39 is 0 Å². The van der Waals surface area contributed by atoms with Gasteiger partial charge in [-0.05, 0) is 34.4 Å². The quantitative estimate of drug-likeness (QED) is 0.176. The van der Waals surface area contributed by atoms with Crippen molar-refractivity contribution in [3.63, 3.8) is 0 Å². The minimum atomic E-state index is 0.112. The molecule has 1 fully saturated rings. The lowest BCUT2D eigenvalue weighted by molar-refractivity contribution is -0.131. The van der Waals surface area contributed by atoms with Crippen LogP contribution in [-0.2, 0) is 17.8 Å². The monoisotopic (exact) mass is 607 g/mol. The normalized spacial score (nSPS) is 13.8. The van der Waals surface area contributed by atoms with Crippen LogP contribution in [0.15, 0.2) is 115 Å². The molecule has 1 amide bonds. The maximum Gasteiger partial charge on any atom is 0.242 e. The van der Waals surface area contributed by atoms with Gasteiger partial charge in [0.1, 0.15) is 5.82 Å². The van der Waals surface area contributed by atoms with Gasteiger partial charge in [-0.15, -0.1) is 0 Å². The van der Waals surface area contributed by atoms with Crippen molar-refractivity contribution in [3.8, 4) is 0 Å². The van der Waals surface area contributed by atoms with Gasteiger partial charge in [0, 0.05) is 55.7 Å². The molecule has 43 heavy (non-hydrogen) atoms. The van der Waals surface area contributed by atoms with Crippen molar-refractivity contribution in [1.82, 2.24) is 19.2 Å². The molecule has 218 valence electrons. The average molecular weight is 608 g/mol. The fraction of sp³-hybridized carbons (Fsp3) is 0.229. The van der Waals surface area contributed by atoms with Crippen LogP contribution < -0.4 is 4.90 Å². The van der Waals surface area contributed by atoms with Crippen molar-refractivity contribution in [2.45, 2.75) is 19.0 Å². The third-order valence-electron chi connectivity index (χ3n) is 7.81. The number of hydrogen-bond donors (Lipinski definition) is 0. The molecule has 0 unspecified atom stereocenters. The van der Waals surface area contributed by atoms with Crippen LogP contribution in [0.1, 0.15) is 34.1 Å². The van der Waals surface area contributed by atoms with Gasteiger partial charge in [-0.2, -0.15) is 4.37 Å². The number of nitrogens with zero attached hydrogens (tertiary/aromatic N) is 5. The zero-order chi connectivity index (χ0) is 29.4. The second-order valence-corrected chi connectivity index (χ2v) is 11.9. The van der Waals surface area contributed by atoms with E-state index in [9.17, 15) is 4.79 Å². The molecular weight excluding hydrogens is 574 g/mol. The minimum absolute atomic E-state index is 0.112. The van der Waals surface area contributed by atoms with Crippen LogP contribution in [0.3, 0.4) is 0 Å². The SMILES string of the molecule is O=C(CN(Cc1ccccc1)c1nc(Cc2ccc(Cl)cc2)ns1)N1CCN(C(c2ccccc2)c2ccccc2)CC1. The second-order valence-electron chi connectivity index (χ2n) is 10.8. The number of carbonyl (C=O) groups excluding carboxylic acids is 1. The van der Waals surface area contributed by atoms with Gasteiger partial charge < -0.3 is 9.80 Å². The third kappa shape index (κ3) is 7.49. The van der Waals surface area contributed by atoms with Crippen LogP contribution in [0.2, 0.25) is 5.02 Å². The van der Waals surface area contributed by atoms with Crippen molar-refractivity contribution in [1.29, 1.82) is 0 Å². The van der Waals surface area contributed by atoms with Crippen LogP contribution in [0.4, 0.5) is 5.13 Å². The van der Waals surface area contributed by atoms with E-state index in [2.05, 4.69) is 87.0 Å². The van der Waals surface area contributed by atoms with E-state index in [1.807, 2.05) is 47.4 Å². The summed E-state index contributed by atoms with van der Waals surface area (Å²) in [6.45, 7) is 3.83. The highest BCUT2D eigenvalue weighted by atomic mass is 35.5. The molecule has 0 spiro atoms. The maximum absolute atomic E-state index is 13.7. The van der Waals surface area contributed by atoms with Crippen molar-refractivity contribution in [3.05, 3.63) is 148 Å². The highest BCUT2D eigenvalue weighted by Crippen LogP contribution is 2.30. The first kappa shape index (κ1) is 29.1. The van der Waals surface area contributed by atoms with E-state index in [-0.39, 0.29) is 18.5 Å². The Labute approximate surface area is 262 Å². The first-order valence-electron chi connectivity index (χ1n) is 14.6. The number of piperazine rings is 1. The lowest BCUT2D eigenvalue weighted by Gasteiger charge is -2.40. The van der Waals surface area contributed by atoms with Gasteiger partial charge in [0.2, 0.25) is 11.0 Å². The molecule has 0 atom stereocenters. The summed E-state index contributed by atoms with van der Waals surface area (Å²) in [4.78, 5) is 25.1. The van der Waals surface area contributed by atoms with Gasteiger partial charge in [0.05, 0.1) is 12.6 Å². The maximum atomic E-state index is 13.7. The fourth-order valence-corrected chi connectivity index (χ4v) is 6.41. The molecule has 6 rings (SSSR count). The van der Waals surface area contributed by atoms with Crippen molar-refractivity contribution >= 4 is 34.2 Å². The van der Waals surface area contributed by atoms with Crippen molar-refractivity contribution in [2.75, 3.05) is 37.6 Å². The zero-order valence-corrected chi connectivity index (χ0v) is 25.5. The average Bonchev–Trinajstić information content (AvgIpc) is 3.52. The Balaban J connectivity index is 1.14. The summed E-state index contributed by atoms with van der Waals surface area (Å²) in [7, 11) is 0. The van der Waals surface area contributed by atoms with Gasteiger partial charge in [0.15, 0.2) is 0 Å². The number of halogens is 1. The van der Waals surface area contributed by atoms with Gasteiger partial charge >= 0.3 is 0 Å². The van der Waals surface area contributed by atoms with E-state index in [4.69, 9.17) is 16.6 Å². The Morgan fingerprint density at radius 3 is 1.95 bits per heavy atom. The Kier molecular flexibility index (Phi) is 9.43. The van der Waals surface area contributed by atoms with Crippen molar-refractivity contribution < 1.29 is 4.79 Å². The van der Waals surface area contributed by atoms with Crippen LogP contribution in [0.25, 0.3) is 0 Å². The predicted molar refractivity (Wildman–Crippen MR) is 175 cm³/mol. The summed E-state index contributed by atoms with van der Waals surface area (Å²) < 4.78 is 4.63. The topological polar surface area (TPSA) is 52.6 Å². The first-order chi connectivity index (χ1) is 21.1. The summed E-state index contributed by atoms with van der Waals surface area (Å²) in [5.74, 6) is 0.857. The number of anilines is 1. The molecule has 0 N–H and O–H groups in total. The van der Waals surface area contributed by atoms with Gasteiger partial charge in [-0.25, -0.2) is 4.98 Å². The zero-order valence-electron chi connectivity index (χ0n) is 23.9. The summed E-state index contributed by atoms with van der Waals surface area (Å²) in [6.07, 6.45) is 0.618. The molecule has 6 nitrogen and oxygen atoms in total. The molecule has 8 heteroatoms. The fourth-order valence-electron chi connectivity index (χ4n) is 5.60.